The quantitative estimate of drug-likeness (QED) is 0.232. The summed E-state index contributed by atoms with van der Waals surface area (Å²) in [6, 6.07) is 17.0. The first-order valence-corrected chi connectivity index (χ1v) is 12.5. The number of aryl methyl sites for hydroxylation is 1. The highest BCUT2D eigenvalue weighted by atomic mass is 32.1. The average molecular weight is 515 g/mol. The van der Waals surface area contributed by atoms with Gasteiger partial charge in [0.25, 0.3) is 5.78 Å². The number of carbonyl (C=O) groups is 2. The number of benzene rings is 3. The van der Waals surface area contributed by atoms with Crippen LogP contribution in [0.1, 0.15) is 22.7 Å². The molecule has 2 aliphatic heterocycles. The Balaban J connectivity index is 1.52. The summed E-state index contributed by atoms with van der Waals surface area (Å²) in [6.07, 6.45) is 0. The molecule has 9 heteroatoms. The second-order valence-electron chi connectivity index (χ2n) is 8.77. The van der Waals surface area contributed by atoms with E-state index in [1.807, 2.05) is 37.3 Å². The topological polar surface area (TPSA) is 98.2 Å². The maximum Gasteiger partial charge on any atom is 0.301 e. The number of Topliss-reactive ketones (excluding diaryl/α,β-unsaturated/α-hetero) is 1. The Morgan fingerprint density at radius 3 is 2.54 bits per heavy atom. The van der Waals surface area contributed by atoms with Crippen LogP contribution in [0.2, 0.25) is 0 Å². The summed E-state index contributed by atoms with van der Waals surface area (Å²) < 4.78 is 17.4. The molecule has 0 unspecified atom stereocenters. The fourth-order valence-electron chi connectivity index (χ4n) is 4.56. The van der Waals surface area contributed by atoms with Gasteiger partial charge in [0.1, 0.15) is 24.7 Å². The highest BCUT2D eigenvalue weighted by molar-refractivity contribution is 7.22. The molecule has 2 aliphatic rings. The van der Waals surface area contributed by atoms with Crippen LogP contribution in [0.5, 0.6) is 17.2 Å². The molecule has 3 heterocycles. The highest BCUT2D eigenvalue weighted by Gasteiger charge is 2.48. The first-order valence-electron chi connectivity index (χ1n) is 11.7. The van der Waals surface area contributed by atoms with Crippen LogP contribution in [0, 0.1) is 6.92 Å². The van der Waals surface area contributed by atoms with Gasteiger partial charge in [0.2, 0.25) is 0 Å². The lowest BCUT2D eigenvalue weighted by molar-refractivity contribution is -0.132. The zero-order valence-corrected chi connectivity index (χ0v) is 20.9. The number of thiazole rings is 1. The maximum absolute atomic E-state index is 13.5. The van der Waals surface area contributed by atoms with Crippen molar-refractivity contribution in [1.29, 1.82) is 0 Å². The largest absolute Gasteiger partial charge is 0.507 e. The molecule has 4 aromatic rings. The van der Waals surface area contributed by atoms with Gasteiger partial charge in [0.05, 0.1) is 28.9 Å². The number of hydrogen-bond acceptors (Lipinski definition) is 8. The molecule has 1 atom stereocenters. The van der Waals surface area contributed by atoms with Crippen molar-refractivity contribution in [1.82, 2.24) is 4.98 Å². The van der Waals surface area contributed by atoms with E-state index in [-0.39, 0.29) is 11.3 Å². The van der Waals surface area contributed by atoms with Gasteiger partial charge >= 0.3 is 5.91 Å². The van der Waals surface area contributed by atoms with Crippen LogP contribution in [0.4, 0.5) is 5.13 Å². The van der Waals surface area contributed by atoms with Crippen LogP contribution in [-0.2, 0) is 9.59 Å². The van der Waals surface area contributed by atoms with Crippen molar-refractivity contribution in [2.24, 2.45) is 0 Å². The first-order chi connectivity index (χ1) is 17.9. The van der Waals surface area contributed by atoms with Gasteiger partial charge in [-0.1, -0.05) is 41.2 Å². The molecule has 1 saturated heterocycles. The fourth-order valence-corrected chi connectivity index (χ4v) is 5.58. The molecule has 3 aromatic carbocycles. The Morgan fingerprint density at radius 1 is 1.03 bits per heavy atom. The number of ether oxygens (including phenoxy) is 3. The number of amides is 1. The van der Waals surface area contributed by atoms with E-state index in [0.717, 1.165) is 10.3 Å². The third-order valence-corrected chi connectivity index (χ3v) is 7.46. The molecule has 1 fully saturated rings. The number of anilines is 1. The summed E-state index contributed by atoms with van der Waals surface area (Å²) in [5.74, 6) is -0.130. The number of ketones is 1. The number of hydrogen-bond donors (Lipinski definition) is 1. The van der Waals surface area contributed by atoms with Crippen LogP contribution in [0.25, 0.3) is 16.0 Å². The number of aromatic nitrogens is 1. The van der Waals surface area contributed by atoms with Gasteiger partial charge in [-0.2, -0.15) is 0 Å². The van der Waals surface area contributed by atoms with E-state index in [2.05, 4.69) is 4.98 Å². The second kappa shape index (κ2) is 8.94. The third-order valence-electron chi connectivity index (χ3n) is 6.44. The number of aliphatic hydroxyl groups is 1. The predicted octanol–water partition coefficient (Wildman–Crippen LogP) is 5.01. The number of carbonyl (C=O) groups excluding carboxylic acids is 2. The monoisotopic (exact) mass is 514 g/mol. The Bertz CT molecular complexity index is 1590. The van der Waals surface area contributed by atoms with E-state index in [0.29, 0.717) is 52.2 Å². The van der Waals surface area contributed by atoms with Crippen LogP contribution in [-0.4, -0.2) is 42.1 Å². The SMILES string of the molecule is COc1ccc2nc(N3C(=O)C(=O)C(=C(O)c4ccc5c(c4)OCCO5)[C@@H]3c3ccc(C)cc3)sc2c1. The summed E-state index contributed by atoms with van der Waals surface area (Å²) in [4.78, 5) is 32.9. The molecule has 1 amide bonds. The van der Waals surface area contributed by atoms with Crippen molar-refractivity contribution < 1.29 is 28.9 Å². The predicted molar refractivity (Wildman–Crippen MR) is 140 cm³/mol. The van der Waals surface area contributed by atoms with Crippen LogP contribution in [0.3, 0.4) is 0 Å². The third kappa shape index (κ3) is 3.88. The molecule has 0 spiro atoms. The molecule has 8 nitrogen and oxygen atoms in total. The Labute approximate surface area is 216 Å². The Hall–Kier alpha value is -4.37. The smallest absolute Gasteiger partial charge is 0.301 e. The lowest BCUT2D eigenvalue weighted by Gasteiger charge is -2.23. The minimum absolute atomic E-state index is 0.0117. The van der Waals surface area contributed by atoms with Gasteiger partial charge < -0.3 is 19.3 Å². The first kappa shape index (κ1) is 23.1. The number of rotatable bonds is 4. The Kier molecular flexibility index (Phi) is 5.57. The number of methoxy groups -OCH3 is 1. The van der Waals surface area contributed by atoms with Gasteiger partial charge in [-0.3, -0.25) is 14.5 Å². The standard InChI is InChI=1S/C28H22N2O6S/c1-15-3-5-16(6-4-15)24-23(25(31)17-7-10-20-21(13-17)36-12-11-35-20)26(32)27(33)30(24)28-29-19-9-8-18(34-2)14-22(19)37-28/h3-10,13-14,24,31H,11-12H2,1-2H3/t24-/m0/s1. The molecule has 1 N–H and O–H groups in total. The number of fused-ring (bicyclic) bond motifs is 2. The van der Waals surface area contributed by atoms with Crippen molar-refractivity contribution in [3.8, 4) is 17.2 Å². The molecule has 0 saturated carbocycles. The van der Waals surface area contributed by atoms with Crippen LogP contribution >= 0.6 is 11.3 Å². The zero-order valence-electron chi connectivity index (χ0n) is 20.1. The summed E-state index contributed by atoms with van der Waals surface area (Å²) in [6.45, 7) is 2.77. The molecule has 0 aliphatic carbocycles. The molecule has 1 aromatic heterocycles. The minimum atomic E-state index is -0.865. The molecule has 186 valence electrons. The fraction of sp³-hybridized carbons (Fsp3) is 0.179. The Morgan fingerprint density at radius 2 is 1.78 bits per heavy atom. The van der Waals surface area contributed by atoms with E-state index in [4.69, 9.17) is 14.2 Å². The van der Waals surface area contributed by atoms with E-state index < -0.39 is 17.7 Å². The van der Waals surface area contributed by atoms with E-state index in [1.54, 1.807) is 37.4 Å². The van der Waals surface area contributed by atoms with Gasteiger partial charge in [-0.15, -0.1) is 0 Å². The average Bonchev–Trinajstić information content (AvgIpc) is 3.46. The zero-order chi connectivity index (χ0) is 25.7. The normalized spacial score (nSPS) is 18.4. The molecule has 37 heavy (non-hydrogen) atoms. The number of aliphatic hydroxyl groups excluding tert-OH is 1. The van der Waals surface area contributed by atoms with Crippen LogP contribution in [0.15, 0.2) is 66.2 Å². The summed E-state index contributed by atoms with van der Waals surface area (Å²) >= 11 is 1.28. The molecule has 0 bridgehead atoms. The summed E-state index contributed by atoms with van der Waals surface area (Å²) in [5, 5.41) is 11.8. The molecule has 0 radical (unpaired) electrons. The van der Waals surface area contributed by atoms with E-state index in [1.165, 1.54) is 16.2 Å². The van der Waals surface area contributed by atoms with Crippen molar-refractivity contribution in [3.05, 3.63) is 82.9 Å². The van der Waals surface area contributed by atoms with Gasteiger partial charge in [0, 0.05) is 5.56 Å². The van der Waals surface area contributed by atoms with Crippen molar-refractivity contribution in [3.63, 3.8) is 0 Å². The van der Waals surface area contributed by atoms with Crippen molar-refractivity contribution in [2.75, 3.05) is 25.2 Å². The lowest BCUT2D eigenvalue weighted by atomic mass is 9.94. The van der Waals surface area contributed by atoms with Crippen molar-refractivity contribution >= 4 is 44.1 Å². The van der Waals surface area contributed by atoms with Gasteiger partial charge in [-0.25, -0.2) is 4.98 Å². The van der Waals surface area contributed by atoms with Gasteiger partial charge in [0.15, 0.2) is 16.6 Å². The van der Waals surface area contributed by atoms with Gasteiger partial charge in [-0.05, 0) is 48.9 Å². The number of nitrogens with zero attached hydrogens (tertiary/aromatic N) is 2. The lowest BCUT2D eigenvalue weighted by Crippen LogP contribution is -2.29. The molecular formula is C28H22N2O6S. The molecular weight excluding hydrogens is 492 g/mol. The maximum atomic E-state index is 13.5. The van der Waals surface area contributed by atoms with E-state index in [9.17, 15) is 14.7 Å². The second-order valence-corrected chi connectivity index (χ2v) is 9.78. The summed E-state index contributed by atoms with van der Waals surface area (Å²) in [5.41, 5.74) is 2.73. The van der Waals surface area contributed by atoms with Crippen LogP contribution < -0.4 is 19.1 Å². The van der Waals surface area contributed by atoms with E-state index >= 15 is 0 Å². The molecule has 6 rings (SSSR count). The summed E-state index contributed by atoms with van der Waals surface area (Å²) in [7, 11) is 1.58. The highest BCUT2D eigenvalue weighted by Crippen LogP contribution is 2.45. The van der Waals surface area contributed by atoms with Crippen molar-refractivity contribution in [2.45, 2.75) is 13.0 Å². The minimum Gasteiger partial charge on any atom is -0.507 e.